The van der Waals surface area contributed by atoms with Gasteiger partial charge in [-0.25, -0.2) is 0 Å². The molecule has 1 fully saturated rings. The van der Waals surface area contributed by atoms with Crippen molar-refractivity contribution < 1.29 is 4.42 Å². The fourth-order valence-corrected chi connectivity index (χ4v) is 2.59. The largest absolute Gasteiger partial charge is 0.465 e. The first-order valence-corrected chi connectivity index (χ1v) is 6.34. The van der Waals surface area contributed by atoms with Crippen LogP contribution in [0.1, 0.15) is 37.2 Å². The standard InChI is InChI=1S/C14H20N2O/c1-11-3-8-14(17-11)10-16(2)13-6-4-12(9-15)5-7-13/h3,8,12-13H,4-7,10H2,1-2H3. The van der Waals surface area contributed by atoms with Crippen LogP contribution >= 0.6 is 0 Å². The van der Waals surface area contributed by atoms with E-state index in [2.05, 4.69) is 18.0 Å². The minimum Gasteiger partial charge on any atom is -0.465 e. The van der Waals surface area contributed by atoms with Gasteiger partial charge in [0, 0.05) is 12.0 Å². The second kappa shape index (κ2) is 5.37. The zero-order chi connectivity index (χ0) is 12.3. The second-order valence-electron chi connectivity index (χ2n) is 5.06. The molecule has 2 rings (SSSR count). The smallest absolute Gasteiger partial charge is 0.118 e. The number of aryl methyl sites for hydroxylation is 1. The zero-order valence-corrected chi connectivity index (χ0v) is 10.6. The third kappa shape index (κ3) is 3.10. The molecule has 0 aliphatic heterocycles. The van der Waals surface area contributed by atoms with Crippen molar-refractivity contribution >= 4 is 0 Å². The lowest BCUT2D eigenvalue weighted by atomic mass is 9.86. The minimum atomic E-state index is 0.283. The normalized spacial score (nSPS) is 24.8. The van der Waals surface area contributed by atoms with Crippen LogP contribution in [0.2, 0.25) is 0 Å². The SMILES string of the molecule is Cc1ccc(CN(C)C2CCC(C#N)CC2)o1. The van der Waals surface area contributed by atoms with E-state index in [0.29, 0.717) is 6.04 Å². The molecule has 0 radical (unpaired) electrons. The van der Waals surface area contributed by atoms with E-state index in [0.717, 1.165) is 43.7 Å². The van der Waals surface area contributed by atoms with Gasteiger partial charge in [0.05, 0.1) is 12.6 Å². The summed E-state index contributed by atoms with van der Waals surface area (Å²) in [4.78, 5) is 2.35. The molecule has 0 aromatic carbocycles. The predicted molar refractivity (Wildman–Crippen MR) is 66.3 cm³/mol. The van der Waals surface area contributed by atoms with E-state index in [9.17, 15) is 0 Å². The molecule has 0 atom stereocenters. The van der Waals surface area contributed by atoms with E-state index in [1.165, 1.54) is 0 Å². The molecule has 0 amide bonds. The second-order valence-corrected chi connectivity index (χ2v) is 5.06. The lowest BCUT2D eigenvalue weighted by Gasteiger charge is -2.32. The molecule has 1 heterocycles. The monoisotopic (exact) mass is 232 g/mol. The molecule has 1 aliphatic rings. The number of hydrogen-bond acceptors (Lipinski definition) is 3. The highest BCUT2D eigenvalue weighted by molar-refractivity contribution is 5.05. The summed E-state index contributed by atoms with van der Waals surface area (Å²) in [7, 11) is 2.15. The molecule has 0 saturated heterocycles. The van der Waals surface area contributed by atoms with Crippen LogP contribution < -0.4 is 0 Å². The van der Waals surface area contributed by atoms with Crippen molar-refractivity contribution in [3.05, 3.63) is 23.7 Å². The summed E-state index contributed by atoms with van der Waals surface area (Å²) < 4.78 is 5.59. The van der Waals surface area contributed by atoms with Gasteiger partial charge in [0.25, 0.3) is 0 Å². The van der Waals surface area contributed by atoms with Crippen LogP contribution in [0.25, 0.3) is 0 Å². The topological polar surface area (TPSA) is 40.2 Å². The molecule has 1 saturated carbocycles. The quantitative estimate of drug-likeness (QED) is 0.804. The zero-order valence-electron chi connectivity index (χ0n) is 10.6. The number of nitrogens with zero attached hydrogens (tertiary/aromatic N) is 2. The van der Waals surface area contributed by atoms with Crippen molar-refractivity contribution in [2.24, 2.45) is 5.92 Å². The molecule has 1 aliphatic carbocycles. The Labute approximate surface area is 103 Å². The van der Waals surface area contributed by atoms with Crippen LogP contribution in [0, 0.1) is 24.2 Å². The number of furan rings is 1. The summed E-state index contributed by atoms with van der Waals surface area (Å²) in [6, 6.07) is 7.04. The first-order chi connectivity index (χ1) is 8.19. The van der Waals surface area contributed by atoms with Gasteiger partial charge in [-0.2, -0.15) is 5.26 Å². The van der Waals surface area contributed by atoms with E-state index in [1.54, 1.807) is 0 Å². The molecular formula is C14H20N2O. The molecule has 1 aromatic rings. The molecular weight excluding hydrogens is 212 g/mol. The van der Waals surface area contributed by atoms with Crippen LogP contribution in [-0.4, -0.2) is 18.0 Å². The van der Waals surface area contributed by atoms with Crippen LogP contribution in [0.3, 0.4) is 0 Å². The molecule has 1 aromatic heterocycles. The van der Waals surface area contributed by atoms with Gasteiger partial charge in [-0.05, 0) is 51.8 Å². The first-order valence-electron chi connectivity index (χ1n) is 6.34. The third-order valence-corrected chi connectivity index (χ3v) is 3.70. The van der Waals surface area contributed by atoms with Crippen LogP contribution in [0.5, 0.6) is 0 Å². The molecule has 3 heteroatoms. The molecule has 92 valence electrons. The summed E-state index contributed by atoms with van der Waals surface area (Å²) >= 11 is 0. The lowest BCUT2D eigenvalue weighted by Crippen LogP contribution is -2.34. The molecule has 3 nitrogen and oxygen atoms in total. The highest BCUT2D eigenvalue weighted by Crippen LogP contribution is 2.27. The summed E-state index contributed by atoms with van der Waals surface area (Å²) in [6.45, 7) is 2.84. The van der Waals surface area contributed by atoms with E-state index >= 15 is 0 Å². The average molecular weight is 232 g/mol. The Kier molecular flexibility index (Phi) is 3.86. The van der Waals surface area contributed by atoms with Gasteiger partial charge in [-0.1, -0.05) is 0 Å². The third-order valence-electron chi connectivity index (χ3n) is 3.70. The lowest BCUT2D eigenvalue weighted by molar-refractivity contribution is 0.161. The van der Waals surface area contributed by atoms with Crippen molar-refractivity contribution in [2.75, 3.05) is 7.05 Å². The Balaban J connectivity index is 1.85. The highest BCUT2D eigenvalue weighted by atomic mass is 16.3. The van der Waals surface area contributed by atoms with Gasteiger partial charge in [0.15, 0.2) is 0 Å². The Morgan fingerprint density at radius 2 is 2.06 bits per heavy atom. The van der Waals surface area contributed by atoms with E-state index in [1.807, 2.05) is 19.1 Å². The van der Waals surface area contributed by atoms with Crippen molar-refractivity contribution in [2.45, 2.75) is 45.2 Å². The van der Waals surface area contributed by atoms with Gasteiger partial charge in [-0.15, -0.1) is 0 Å². The van der Waals surface area contributed by atoms with Crippen molar-refractivity contribution in [3.8, 4) is 6.07 Å². The van der Waals surface area contributed by atoms with E-state index in [-0.39, 0.29) is 5.92 Å². The molecule has 0 spiro atoms. The summed E-state index contributed by atoms with van der Waals surface area (Å²) in [5.74, 6) is 2.29. The fraction of sp³-hybridized carbons (Fsp3) is 0.643. The summed E-state index contributed by atoms with van der Waals surface area (Å²) in [5, 5.41) is 8.88. The van der Waals surface area contributed by atoms with Gasteiger partial charge >= 0.3 is 0 Å². The van der Waals surface area contributed by atoms with Crippen molar-refractivity contribution in [1.82, 2.24) is 4.90 Å². The Bertz CT molecular complexity index is 397. The number of rotatable bonds is 3. The van der Waals surface area contributed by atoms with Gasteiger partial charge in [-0.3, -0.25) is 4.90 Å². The maximum Gasteiger partial charge on any atom is 0.118 e. The van der Waals surface area contributed by atoms with Gasteiger partial charge in [0.1, 0.15) is 11.5 Å². The number of nitriles is 1. The van der Waals surface area contributed by atoms with Crippen LogP contribution in [0.15, 0.2) is 16.5 Å². The summed E-state index contributed by atoms with van der Waals surface area (Å²) in [5.41, 5.74) is 0. The molecule has 0 bridgehead atoms. The van der Waals surface area contributed by atoms with E-state index < -0.39 is 0 Å². The highest BCUT2D eigenvalue weighted by Gasteiger charge is 2.24. The Morgan fingerprint density at radius 1 is 1.35 bits per heavy atom. The minimum absolute atomic E-state index is 0.283. The van der Waals surface area contributed by atoms with E-state index in [4.69, 9.17) is 9.68 Å². The molecule has 0 unspecified atom stereocenters. The maximum absolute atomic E-state index is 8.88. The Morgan fingerprint density at radius 3 is 2.59 bits per heavy atom. The average Bonchev–Trinajstić information content (AvgIpc) is 2.75. The maximum atomic E-state index is 8.88. The fourth-order valence-electron chi connectivity index (χ4n) is 2.59. The van der Waals surface area contributed by atoms with Gasteiger partial charge in [0.2, 0.25) is 0 Å². The van der Waals surface area contributed by atoms with Gasteiger partial charge < -0.3 is 4.42 Å². The predicted octanol–water partition coefficient (Wildman–Crippen LogP) is 3.10. The number of hydrogen-bond donors (Lipinski definition) is 0. The molecule has 0 N–H and O–H groups in total. The van der Waals surface area contributed by atoms with Crippen molar-refractivity contribution in [1.29, 1.82) is 5.26 Å². The Hall–Kier alpha value is -1.27. The van der Waals surface area contributed by atoms with Crippen LogP contribution in [-0.2, 0) is 6.54 Å². The first kappa shape index (κ1) is 12.2. The van der Waals surface area contributed by atoms with Crippen LogP contribution in [0.4, 0.5) is 0 Å². The summed E-state index contributed by atoms with van der Waals surface area (Å²) in [6.07, 6.45) is 4.36. The van der Waals surface area contributed by atoms with Crippen molar-refractivity contribution in [3.63, 3.8) is 0 Å². The molecule has 17 heavy (non-hydrogen) atoms.